The molecule has 0 aliphatic heterocycles. The maximum atomic E-state index is 11.9. The van der Waals surface area contributed by atoms with Gasteiger partial charge in [-0.1, -0.05) is 0 Å². The fourth-order valence-corrected chi connectivity index (χ4v) is 1.71. The highest BCUT2D eigenvalue weighted by molar-refractivity contribution is 9.10. The Balaban J connectivity index is 2.62. The Morgan fingerprint density at radius 3 is 2.59 bits per heavy atom. The number of hydrogen-bond donors (Lipinski definition) is 0. The van der Waals surface area contributed by atoms with E-state index >= 15 is 0 Å². The van der Waals surface area contributed by atoms with Gasteiger partial charge in [-0.2, -0.15) is 0 Å². The van der Waals surface area contributed by atoms with Gasteiger partial charge in [0.15, 0.2) is 6.10 Å². The largest absolute Gasteiger partial charge is 0.479 e. The van der Waals surface area contributed by atoms with Gasteiger partial charge < -0.3 is 9.64 Å². The van der Waals surface area contributed by atoms with Gasteiger partial charge in [0.2, 0.25) is 0 Å². The minimum atomic E-state index is -0.488. The molecule has 1 unspecified atom stereocenters. The van der Waals surface area contributed by atoms with Crippen LogP contribution in [0.4, 0.5) is 0 Å². The summed E-state index contributed by atoms with van der Waals surface area (Å²) < 4.78 is 6.28. The third-order valence-electron chi connectivity index (χ3n) is 2.44. The van der Waals surface area contributed by atoms with E-state index in [0.717, 1.165) is 4.60 Å². The summed E-state index contributed by atoms with van der Waals surface area (Å²) >= 11 is 3.24. The van der Waals surface area contributed by atoms with Crippen molar-refractivity contribution in [2.24, 2.45) is 0 Å². The van der Waals surface area contributed by atoms with Crippen molar-refractivity contribution in [3.05, 3.63) is 22.9 Å². The van der Waals surface area contributed by atoms with Crippen LogP contribution >= 0.6 is 15.9 Å². The molecule has 0 fully saturated rings. The summed E-state index contributed by atoms with van der Waals surface area (Å²) in [5, 5.41) is 0. The van der Waals surface area contributed by atoms with Crippen LogP contribution in [-0.4, -0.2) is 35.0 Å². The molecular formula is C12H17BrN2O2. The summed E-state index contributed by atoms with van der Waals surface area (Å²) in [5.41, 5.74) is 0. The number of carbonyl (C=O) groups is 1. The lowest BCUT2D eigenvalue weighted by atomic mass is 10.3. The van der Waals surface area contributed by atoms with Gasteiger partial charge in [-0.05, 0) is 48.8 Å². The molecule has 1 atom stereocenters. The zero-order chi connectivity index (χ0) is 12.8. The number of aromatic nitrogens is 1. The SMILES string of the molecule is CCN(CC)C(=O)C(C)Oc1ccc(Br)nc1. The van der Waals surface area contributed by atoms with Gasteiger partial charge >= 0.3 is 0 Å². The fraction of sp³-hybridized carbons (Fsp3) is 0.500. The van der Waals surface area contributed by atoms with Crippen molar-refractivity contribution >= 4 is 21.8 Å². The highest BCUT2D eigenvalue weighted by Crippen LogP contribution is 2.14. The monoisotopic (exact) mass is 300 g/mol. The van der Waals surface area contributed by atoms with Crippen molar-refractivity contribution in [1.29, 1.82) is 0 Å². The van der Waals surface area contributed by atoms with Crippen LogP contribution in [0.3, 0.4) is 0 Å². The number of carbonyl (C=O) groups excluding carboxylic acids is 1. The van der Waals surface area contributed by atoms with Gasteiger partial charge in [0, 0.05) is 13.1 Å². The first kappa shape index (κ1) is 14.0. The third kappa shape index (κ3) is 4.00. The first-order valence-corrected chi connectivity index (χ1v) is 6.44. The molecule has 0 aromatic carbocycles. The third-order valence-corrected chi connectivity index (χ3v) is 2.91. The smallest absolute Gasteiger partial charge is 0.263 e. The second-order valence-electron chi connectivity index (χ2n) is 3.59. The van der Waals surface area contributed by atoms with Crippen molar-refractivity contribution in [1.82, 2.24) is 9.88 Å². The lowest BCUT2D eigenvalue weighted by molar-refractivity contribution is -0.137. The molecule has 1 heterocycles. The molecule has 0 saturated carbocycles. The summed E-state index contributed by atoms with van der Waals surface area (Å²) in [7, 11) is 0. The highest BCUT2D eigenvalue weighted by Gasteiger charge is 2.19. The van der Waals surface area contributed by atoms with Crippen LogP contribution in [0.5, 0.6) is 5.75 Å². The van der Waals surface area contributed by atoms with Crippen molar-refractivity contribution < 1.29 is 9.53 Å². The van der Waals surface area contributed by atoms with E-state index in [1.54, 1.807) is 30.2 Å². The van der Waals surface area contributed by atoms with Crippen LogP contribution in [-0.2, 0) is 4.79 Å². The Morgan fingerprint density at radius 1 is 1.47 bits per heavy atom. The number of rotatable bonds is 5. The Bertz CT molecular complexity index is 363. The molecule has 1 aromatic heterocycles. The first-order chi connectivity index (χ1) is 8.08. The minimum Gasteiger partial charge on any atom is -0.479 e. The maximum Gasteiger partial charge on any atom is 0.263 e. The molecule has 0 saturated heterocycles. The van der Waals surface area contributed by atoms with E-state index in [1.165, 1.54) is 0 Å². The van der Waals surface area contributed by atoms with Gasteiger partial charge in [-0.25, -0.2) is 4.98 Å². The van der Waals surface area contributed by atoms with E-state index in [0.29, 0.717) is 18.8 Å². The number of ether oxygens (including phenoxy) is 1. The molecule has 4 nitrogen and oxygen atoms in total. The summed E-state index contributed by atoms with van der Waals surface area (Å²) in [6.07, 6.45) is 1.11. The number of pyridine rings is 1. The van der Waals surface area contributed by atoms with Crippen LogP contribution in [0.2, 0.25) is 0 Å². The quantitative estimate of drug-likeness (QED) is 0.785. The predicted molar refractivity (Wildman–Crippen MR) is 70.0 cm³/mol. The first-order valence-electron chi connectivity index (χ1n) is 5.65. The predicted octanol–water partition coefficient (Wildman–Crippen LogP) is 2.48. The van der Waals surface area contributed by atoms with Crippen LogP contribution in [0.1, 0.15) is 20.8 Å². The van der Waals surface area contributed by atoms with Gasteiger partial charge in [0.25, 0.3) is 5.91 Å². The zero-order valence-corrected chi connectivity index (χ0v) is 11.9. The molecule has 0 radical (unpaired) electrons. The van der Waals surface area contributed by atoms with Crippen molar-refractivity contribution in [2.45, 2.75) is 26.9 Å². The lowest BCUT2D eigenvalue weighted by Crippen LogP contribution is -2.40. The molecule has 0 spiro atoms. The Labute approximate surface area is 110 Å². The maximum absolute atomic E-state index is 11.9. The van der Waals surface area contributed by atoms with Gasteiger partial charge in [0.05, 0.1) is 6.20 Å². The van der Waals surface area contributed by atoms with Crippen LogP contribution in [0.25, 0.3) is 0 Å². The van der Waals surface area contributed by atoms with E-state index in [9.17, 15) is 4.79 Å². The van der Waals surface area contributed by atoms with Gasteiger partial charge in [0.1, 0.15) is 10.4 Å². The average Bonchev–Trinajstić information content (AvgIpc) is 2.33. The summed E-state index contributed by atoms with van der Waals surface area (Å²) in [5.74, 6) is 0.596. The molecule has 17 heavy (non-hydrogen) atoms. The second-order valence-corrected chi connectivity index (χ2v) is 4.40. The Kier molecular flexibility index (Phi) is 5.41. The standard InChI is InChI=1S/C12H17BrN2O2/c1-4-15(5-2)12(16)9(3)17-10-6-7-11(13)14-8-10/h6-9H,4-5H2,1-3H3. The molecule has 0 N–H and O–H groups in total. The number of halogens is 1. The molecule has 1 aromatic rings. The summed E-state index contributed by atoms with van der Waals surface area (Å²) in [4.78, 5) is 17.7. The topological polar surface area (TPSA) is 42.4 Å². The highest BCUT2D eigenvalue weighted by atomic mass is 79.9. The molecule has 0 bridgehead atoms. The van der Waals surface area contributed by atoms with Crippen molar-refractivity contribution in [3.8, 4) is 5.75 Å². The van der Waals surface area contributed by atoms with E-state index in [4.69, 9.17) is 4.74 Å². The minimum absolute atomic E-state index is 0.00193. The van der Waals surface area contributed by atoms with Crippen LogP contribution in [0.15, 0.2) is 22.9 Å². The second kappa shape index (κ2) is 6.59. The van der Waals surface area contributed by atoms with E-state index in [1.807, 2.05) is 13.8 Å². The molecular weight excluding hydrogens is 284 g/mol. The van der Waals surface area contributed by atoms with Gasteiger partial charge in [-0.3, -0.25) is 4.79 Å². The lowest BCUT2D eigenvalue weighted by Gasteiger charge is -2.23. The molecule has 0 aliphatic rings. The Hall–Kier alpha value is -1.10. The number of likely N-dealkylation sites (N-methyl/N-ethyl adjacent to an activating group) is 1. The Morgan fingerprint density at radius 2 is 2.12 bits per heavy atom. The fourth-order valence-electron chi connectivity index (χ4n) is 1.48. The van der Waals surface area contributed by atoms with Crippen molar-refractivity contribution in [2.75, 3.05) is 13.1 Å². The summed E-state index contributed by atoms with van der Waals surface area (Å²) in [6.45, 7) is 7.05. The number of hydrogen-bond acceptors (Lipinski definition) is 3. The van der Waals surface area contributed by atoms with Crippen molar-refractivity contribution in [3.63, 3.8) is 0 Å². The zero-order valence-electron chi connectivity index (χ0n) is 10.3. The summed E-state index contributed by atoms with van der Waals surface area (Å²) in [6, 6.07) is 3.56. The molecule has 5 heteroatoms. The van der Waals surface area contributed by atoms with Crippen LogP contribution in [0, 0.1) is 0 Å². The normalized spacial score (nSPS) is 12.0. The number of nitrogens with zero attached hydrogens (tertiary/aromatic N) is 2. The van der Waals surface area contributed by atoms with Crippen LogP contribution < -0.4 is 4.74 Å². The molecule has 0 aliphatic carbocycles. The van der Waals surface area contributed by atoms with E-state index < -0.39 is 6.10 Å². The average molecular weight is 301 g/mol. The number of amides is 1. The molecule has 1 amide bonds. The van der Waals surface area contributed by atoms with E-state index in [2.05, 4.69) is 20.9 Å². The van der Waals surface area contributed by atoms with E-state index in [-0.39, 0.29) is 5.91 Å². The molecule has 94 valence electrons. The van der Waals surface area contributed by atoms with Gasteiger partial charge in [-0.15, -0.1) is 0 Å². The molecule has 1 rings (SSSR count).